The summed E-state index contributed by atoms with van der Waals surface area (Å²) in [4.78, 5) is 26.3. The van der Waals surface area contributed by atoms with Crippen molar-refractivity contribution in [3.05, 3.63) is 70.1 Å². The largest absolute Gasteiger partial charge is 0.350 e. The smallest absolute Gasteiger partial charge is 0.326 e. The molecule has 0 aliphatic heterocycles. The SMILES string of the molecule is O=C(NCCn1c(=O)[nH]c2cc(F)ccc21)c1ccccc1F. The second kappa shape index (κ2) is 6.04. The van der Waals surface area contributed by atoms with E-state index in [4.69, 9.17) is 0 Å². The van der Waals surface area contributed by atoms with Gasteiger partial charge in [0.1, 0.15) is 11.6 Å². The van der Waals surface area contributed by atoms with E-state index in [0.29, 0.717) is 11.0 Å². The summed E-state index contributed by atoms with van der Waals surface area (Å²) in [5.41, 5.74) is 0.471. The van der Waals surface area contributed by atoms with E-state index in [0.717, 1.165) is 0 Å². The molecular formula is C16H13F2N3O2. The topological polar surface area (TPSA) is 66.9 Å². The van der Waals surface area contributed by atoms with Gasteiger partial charge in [0.2, 0.25) is 0 Å². The average Bonchev–Trinajstić information content (AvgIpc) is 2.82. The van der Waals surface area contributed by atoms with Crippen molar-refractivity contribution in [2.45, 2.75) is 6.54 Å². The zero-order valence-electron chi connectivity index (χ0n) is 12.0. The van der Waals surface area contributed by atoms with Crippen molar-refractivity contribution in [2.24, 2.45) is 0 Å². The molecule has 1 heterocycles. The Balaban J connectivity index is 1.72. The fraction of sp³-hybridized carbons (Fsp3) is 0.125. The number of benzene rings is 2. The van der Waals surface area contributed by atoms with Gasteiger partial charge >= 0.3 is 5.69 Å². The molecule has 3 rings (SSSR count). The van der Waals surface area contributed by atoms with Gasteiger partial charge in [-0.3, -0.25) is 9.36 Å². The van der Waals surface area contributed by atoms with Crippen molar-refractivity contribution in [1.29, 1.82) is 0 Å². The van der Waals surface area contributed by atoms with Crippen LogP contribution < -0.4 is 11.0 Å². The highest BCUT2D eigenvalue weighted by Gasteiger charge is 2.11. The van der Waals surface area contributed by atoms with E-state index in [9.17, 15) is 18.4 Å². The lowest BCUT2D eigenvalue weighted by molar-refractivity contribution is 0.0948. The number of imidazole rings is 1. The minimum absolute atomic E-state index is 0.0548. The summed E-state index contributed by atoms with van der Waals surface area (Å²) in [7, 11) is 0. The summed E-state index contributed by atoms with van der Waals surface area (Å²) in [5.74, 6) is -1.61. The van der Waals surface area contributed by atoms with Gasteiger partial charge in [-0.2, -0.15) is 0 Å². The lowest BCUT2D eigenvalue weighted by Gasteiger charge is -2.07. The van der Waals surface area contributed by atoms with Crippen LogP contribution in [0.1, 0.15) is 10.4 Å². The van der Waals surface area contributed by atoms with Gasteiger partial charge in [-0.1, -0.05) is 12.1 Å². The van der Waals surface area contributed by atoms with Crippen LogP contribution >= 0.6 is 0 Å². The van der Waals surface area contributed by atoms with Crippen LogP contribution in [0.15, 0.2) is 47.3 Å². The second-order valence-corrected chi connectivity index (χ2v) is 4.98. The first-order chi connectivity index (χ1) is 11.1. The van der Waals surface area contributed by atoms with Gasteiger partial charge < -0.3 is 10.3 Å². The number of carbonyl (C=O) groups is 1. The molecule has 0 bridgehead atoms. The number of rotatable bonds is 4. The Bertz CT molecular complexity index is 930. The van der Waals surface area contributed by atoms with Gasteiger partial charge in [0.15, 0.2) is 0 Å². The zero-order valence-corrected chi connectivity index (χ0v) is 12.0. The molecule has 2 aromatic carbocycles. The number of H-pyrrole nitrogens is 1. The van der Waals surface area contributed by atoms with Crippen LogP contribution in [0.3, 0.4) is 0 Å². The van der Waals surface area contributed by atoms with Gasteiger partial charge in [0.25, 0.3) is 5.91 Å². The molecule has 0 spiro atoms. The molecule has 1 amide bonds. The maximum atomic E-state index is 13.5. The maximum absolute atomic E-state index is 13.5. The van der Waals surface area contributed by atoms with Crippen molar-refractivity contribution in [2.75, 3.05) is 6.54 Å². The van der Waals surface area contributed by atoms with Gasteiger partial charge in [0, 0.05) is 13.1 Å². The number of aromatic nitrogens is 2. The fourth-order valence-corrected chi connectivity index (χ4v) is 2.38. The molecule has 2 N–H and O–H groups in total. The van der Waals surface area contributed by atoms with Crippen LogP contribution in [0.2, 0.25) is 0 Å². The first-order valence-corrected chi connectivity index (χ1v) is 6.97. The Morgan fingerprint density at radius 3 is 2.74 bits per heavy atom. The van der Waals surface area contributed by atoms with Gasteiger partial charge in [-0.25, -0.2) is 13.6 Å². The van der Waals surface area contributed by atoms with Gasteiger partial charge in [-0.15, -0.1) is 0 Å². The highest BCUT2D eigenvalue weighted by atomic mass is 19.1. The molecule has 7 heteroatoms. The molecule has 3 aromatic rings. The minimum atomic E-state index is -0.607. The molecule has 0 atom stereocenters. The molecule has 0 aliphatic carbocycles. The summed E-state index contributed by atoms with van der Waals surface area (Å²) < 4.78 is 28.0. The molecule has 1 aromatic heterocycles. The normalized spacial score (nSPS) is 10.9. The predicted molar refractivity (Wildman–Crippen MR) is 81.2 cm³/mol. The van der Waals surface area contributed by atoms with E-state index < -0.39 is 23.2 Å². The quantitative estimate of drug-likeness (QED) is 0.773. The first kappa shape index (κ1) is 15.0. The Morgan fingerprint density at radius 2 is 1.96 bits per heavy atom. The molecular weight excluding hydrogens is 304 g/mol. The Labute approximate surface area is 129 Å². The Hall–Kier alpha value is -2.96. The predicted octanol–water partition coefficient (Wildman–Crippen LogP) is 2.04. The third-order valence-electron chi connectivity index (χ3n) is 3.48. The van der Waals surface area contributed by atoms with Crippen molar-refractivity contribution < 1.29 is 13.6 Å². The molecule has 0 saturated carbocycles. The van der Waals surface area contributed by atoms with Crippen LogP contribution in [0, 0.1) is 11.6 Å². The number of aromatic amines is 1. The van der Waals surface area contributed by atoms with E-state index in [1.54, 1.807) is 6.07 Å². The number of halogens is 2. The summed E-state index contributed by atoms with van der Waals surface area (Å²) in [5, 5.41) is 2.55. The molecule has 0 radical (unpaired) electrons. The summed E-state index contributed by atoms with van der Waals surface area (Å²) in [6, 6.07) is 9.61. The van der Waals surface area contributed by atoms with Crippen LogP contribution in [0.5, 0.6) is 0 Å². The lowest BCUT2D eigenvalue weighted by atomic mass is 10.2. The van der Waals surface area contributed by atoms with E-state index >= 15 is 0 Å². The second-order valence-electron chi connectivity index (χ2n) is 4.98. The first-order valence-electron chi connectivity index (χ1n) is 6.97. The third kappa shape index (κ3) is 2.98. The monoisotopic (exact) mass is 317 g/mol. The number of amides is 1. The molecule has 23 heavy (non-hydrogen) atoms. The van der Waals surface area contributed by atoms with Crippen LogP contribution in [0.4, 0.5) is 8.78 Å². The molecule has 0 unspecified atom stereocenters. The number of nitrogens with one attached hydrogen (secondary N) is 2. The van der Waals surface area contributed by atoms with E-state index in [2.05, 4.69) is 10.3 Å². The number of hydrogen-bond donors (Lipinski definition) is 2. The van der Waals surface area contributed by atoms with Gasteiger partial charge in [0.05, 0.1) is 16.6 Å². The third-order valence-corrected chi connectivity index (χ3v) is 3.48. The van der Waals surface area contributed by atoms with E-state index in [1.807, 2.05) is 0 Å². The van der Waals surface area contributed by atoms with Crippen molar-refractivity contribution in [1.82, 2.24) is 14.9 Å². The number of nitrogens with zero attached hydrogens (tertiary/aromatic N) is 1. The fourth-order valence-electron chi connectivity index (χ4n) is 2.38. The zero-order chi connectivity index (χ0) is 16.4. The van der Waals surface area contributed by atoms with Crippen LogP contribution in [0.25, 0.3) is 11.0 Å². The molecule has 0 fully saturated rings. The van der Waals surface area contributed by atoms with E-state index in [1.165, 1.54) is 41.0 Å². The molecule has 0 aliphatic rings. The maximum Gasteiger partial charge on any atom is 0.326 e. The number of hydrogen-bond acceptors (Lipinski definition) is 2. The number of carbonyl (C=O) groups excluding carboxylic acids is 1. The van der Waals surface area contributed by atoms with Crippen molar-refractivity contribution in [3.63, 3.8) is 0 Å². The molecule has 5 nitrogen and oxygen atoms in total. The Kier molecular flexibility index (Phi) is 3.92. The molecule has 118 valence electrons. The highest BCUT2D eigenvalue weighted by molar-refractivity contribution is 5.94. The Morgan fingerprint density at radius 1 is 1.17 bits per heavy atom. The lowest BCUT2D eigenvalue weighted by Crippen LogP contribution is -2.30. The summed E-state index contributed by atoms with van der Waals surface area (Å²) in [6.45, 7) is 0.321. The summed E-state index contributed by atoms with van der Waals surface area (Å²) >= 11 is 0. The number of fused-ring (bicyclic) bond motifs is 1. The standard InChI is InChI=1S/C16H13F2N3O2/c17-10-5-6-14-13(9-10)20-16(23)21(14)8-7-19-15(22)11-3-1-2-4-12(11)18/h1-6,9H,7-8H2,(H,19,22)(H,20,23). The van der Waals surface area contributed by atoms with Crippen LogP contribution in [-0.4, -0.2) is 22.0 Å². The van der Waals surface area contributed by atoms with Gasteiger partial charge in [-0.05, 0) is 30.3 Å². The summed E-state index contributed by atoms with van der Waals surface area (Å²) in [6.07, 6.45) is 0. The van der Waals surface area contributed by atoms with Crippen LogP contribution in [-0.2, 0) is 6.54 Å². The van der Waals surface area contributed by atoms with Crippen molar-refractivity contribution >= 4 is 16.9 Å². The van der Waals surface area contributed by atoms with E-state index in [-0.39, 0.29) is 18.7 Å². The minimum Gasteiger partial charge on any atom is -0.350 e. The molecule has 0 saturated heterocycles. The highest BCUT2D eigenvalue weighted by Crippen LogP contribution is 2.11. The van der Waals surface area contributed by atoms with Crippen molar-refractivity contribution in [3.8, 4) is 0 Å². The average molecular weight is 317 g/mol.